The van der Waals surface area contributed by atoms with Crippen LogP contribution >= 0.6 is 0 Å². The molecule has 0 spiro atoms. The van der Waals surface area contributed by atoms with E-state index < -0.39 is 0 Å². The third-order valence-electron chi connectivity index (χ3n) is 4.25. The molecule has 21 heavy (non-hydrogen) atoms. The van der Waals surface area contributed by atoms with Gasteiger partial charge in [0, 0.05) is 11.7 Å². The summed E-state index contributed by atoms with van der Waals surface area (Å²) in [5.74, 6) is 0.0569. The first-order valence-corrected chi connectivity index (χ1v) is 7.85. The molecule has 1 saturated heterocycles. The lowest BCUT2D eigenvalue weighted by Gasteiger charge is -2.35. The number of benzene rings is 1. The molecule has 0 bridgehead atoms. The Bertz CT molecular complexity index is 468. The van der Waals surface area contributed by atoms with E-state index >= 15 is 0 Å². The molecule has 2 N–H and O–H groups in total. The third kappa shape index (κ3) is 4.46. The van der Waals surface area contributed by atoms with Gasteiger partial charge in [0.05, 0.1) is 12.5 Å². The Balaban J connectivity index is 1.83. The highest BCUT2D eigenvalue weighted by atomic mass is 16.5. The van der Waals surface area contributed by atoms with Crippen molar-refractivity contribution in [2.24, 2.45) is 5.92 Å². The van der Waals surface area contributed by atoms with E-state index in [4.69, 9.17) is 10.5 Å². The standard InChI is InChI=1S/C17H26N2O2/c1-3-21-17(20)15-7-9-19(10-8-15)13(2)11-14-5-4-6-16(18)12-14/h4-6,12-13,15H,3,7-11,18H2,1-2H3. The van der Waals surface area contributed by atoms with Gasteiger partial charge in [0.15, 0.2) is 0 Å². The quantitative estimate of drug-likeness (QED) is 0.668. The summed E-state index contributed by atoms with van der Waals surface area (Å²) in [7, 11) is 0. The summed E-state index contributed by atoms with van der Waals surface area (Å²) in [6, 6.07) is 8.55. The number of nitrogens with zero attached hydrogens (tertiary/aromatic N) is 1. The maximum absolute atomic E-state index is 11.7. The Morgan fingerprint density at radius 1 is 1.43 bits per heavy atom. The molecule has 1 aromatic carbocycles. The van der Waals surface area contributed by atoms with Crippen LogP contribution in [0, 0.1) is 5.92 Å². The van der Waals surface area contributed by atoms with Crippen LogP contribution in [0.15, 0.2) is 24.3 Å². The van der Waals surface area contributed by atoms with Crippen molar-refractivity contribution < 1.29 is 9.53 Å². The largest absolute Gasteiger partial charge is 0.466 e. The van der Waals surface area contributed by atoms with Crippen LogP contribution in [0.5, 0.6) is 0 Å². The van der Waals surface area contributed by atoms with E-state index in [1.165, 1.54) is 5.56 Å². The average Bonchev–Trinajstić information content (AvgIpc) is 2.47. The summed E-state index contributed by atoms with van der Waals surface area (Å²) in [6.45, 7) is 6.51. The molecule has 116 valence electrons. The molecule has 1 aromatic rings. The van der Waals surface area contributed by atoms with Gasteiger partial charge in [-0.3, -0.25) is 4.79 Å². The molecule has 0 amide bonds. The molecule has 4 nitrogen and oxygen atoms in total. The van der Waals surface area contributed by atoms with Gasteiger partial charge in [-0.15, -0.1) is 0 Å². The number of rotatable bonds is 5. The smallest absolute Gasteiger partial charge is 0.309 e. The topological polar surface area (TPSA) is 55.6 Å². The second-order valence-electron chi connectivity index (χ2n) is 5.86. The number of likely N-dealkylation sites (tertiary alicyclic amines) is 1. The first-order chi connectivity index (χ1) is 10.1. The first-order valence-electron chi connectivity index (χ1n) is 7.85. The lowest BCUT2D eigenvalue weighted by molar-refractivity contribution is -0.149. The molecule has 0 aromatic heterocycles. The summed E-state index contributed by atoms with van der Waals surface area (Å²) in [5, 5.41) is 0. The van der Waals surface area contributed by atoms with Gasteiger partial charge in [-0.05, 0) is 63.9 Å². The maximum Gasteiger partial charge on any atom is 0.309 e. The highest BCUT2D eigenvalue weighted by Gasteiger charge is 2.27. The lowest BCUT2D eigenvalue weighted by Crippen LogP contribution is -2.42. The Kier molecular flexibility index (Phi) is 5.62. The number of ether oxygens (including phenoxy) is 1. The molecule has 2 rings (SSSR count). The summed E-state index contributed by atoms with van der Waals surface area (Å²) in [4.78, 5) is 14.2. The minimum atomic E-state index is -0.0272. The van der Waals surface area contributed by atoms with E-state index in [0.29, 0.717) is 12.6 Å². The van der Waals surface area contributed by atoms with Crippen LogP contribution in [-0.4, -0.2) is 36.6 Å². The van der Waals surface area contributed by atoms with Gasteiger partial charge in [0.2, 0.25) is 0 Å². The molecule has 1 aliphatic heterocycles. The monoisotopic (exact) mass is 290 g/mol. The van der Waals surface area contributed by atoms with Gasteiger partial charge >= 0.3 is 5.97 Å². The number of nitrogen functional groups attached to an aromatic ring is 1. The number of piperidine rings is 1. The van der Waals surface area contributed by atoms with Crippen LogP contribution in [0.25, 0.3) is 0 Å². The number of anilines is 1. The highest BCUT2D eigenvalue weighted by molar-refractivity contribution is 5.72. The number of esters is 1. The minimum absolute atomic E-state index is 0.0272. The van der Waals surface area contributed by atoms with Crippen LogP contribution < -0.4 is 5.73 Å². The molecule has 1 atom stereocenters. The number of nitrogens with two attached hydrogens (primary N) is 1. The molecular weight excluding hydrogens is 264 g/mol. The lowest BCUT2D eigenvalue weighted by atomic mass is 9.95. The van der Waals surface area contributed by atoms with Crippen LogP contribution in [0.1, 0.15) is 32.3 Å². The normalized spacial score (nSPS) is 18.4. The number of hydrogen-bond donors (Lipinski definition) is 1. The SMILES string of the molecule is CCOC(=O)C1CCN(C(C)Cc2cccc(N)c2)CC1. The van der Waals surface area contributed by atoms with Crippen molar-refractivity contribution in [1.82, 2.24) is 4.90 Å². The van der Waals surface area contributed by atoms with Crippen molar-refractivity contribution in [3.8, 4) is 0 Å². The molecule has 4 heteroatoms. The molecule has 0 saturated carbocycles. The van der Waals surface area contributed by atoms with Crippen LogP contribution in [0.3, 0.4) is 0 Å². The first kappa shape index (κ1) is 15.8. The molecule has 0 radical (unpaired) electrons. The van der Waals surface area contributed by atoms with Gasteiger partial charge in [-0.25, -0.2) is 0 Å². The van der Waals surface area contributed by atoms with Crippen molar-refractivity contribution in [1.29, 1.82) is 0 Å². The van der Waals surface area contributed by atoms with E-state index in [1.54, 1.807) is 0 Å². The van der Waals surface area contributed by atoms with Gasteiger partial charge < -0.3 is 15.4 Å². The van der Waals surface area contributed by atoms with Crippen LogP contribution in [0.2, 0.25) is 0 Å². The third-order valence-corrected chi connectivity index (χ3v) is 4.25. The predicted octanol–water partition coefficient (Wildman–Crippen LogP) is 2.47. The molecule has 1 fully saturated rings. The van der Waals surface area contributed by atoms with E-state index in [-0.39, 0.29) is 11.9 Å². The number of carbonyl (C=O) groups is 1. The molecule has 1 heterocycles. The summed E-state index contributed by atoms with van der Waals surface area (Å²) < 4.78 is 5.11. The van der Waals surface area contributed by atoms with Crippen molar-refractivity contribution in [3.63, 3.8) is 0 Å². The zero-order valence-corrected chi connectivity index (χ0v) is 13.0. The average molecular weight is 290 g/mol. The fraction of sp³-hybridized carbons (Fsp3) is 0.588. The predicted molar refractivity (Wildman–Crippen MR) is 85.0 cm³/mol. The van der Waals surface area contributed by atoms with E-state index in [0.717, 1.165) is 38.0 Å². The summed E-state index contributed by atoms with van der Waals surface area (Å²) in [6.07, 6.45) is 2.80. The Hall–Kier alpha value is -1.55. The second-order valence-corrected chi connectivity index (χ2v) is 5.86. The zero-order chi connectivity index (χ0) is 15.2. The van der Waals surface area contributed by atoms with Crippen LogP contribution in [-0.2, 0) is 16.0 Å². The Morgan fingerprint density at radius 3 is 2.76 bits per heavy atom. The molecular formula is C17H26N2O2. The van der Waals surface area contributed by atoms with Crippen molar-refractivity contribution in [2.45, 2.75) is 39.2 Å². The van der Waals surface area contributed by atoms with Gasteiger partial charge in [-0.2, -0.15) is 0 Å². The summed E-state index contributed by atoms with van der Waals surface area (Å²) in [5.41, 5.74) is 7.92. The fourth-order valence-electron chi connectivity index (χ4n) is 3.03. The second kappa shape index (κ2) is 7.46. The van der Waals surface area contributed by atoms with Gasteiger partial charge in [0.1, 0.15) is 0 Å². The molecule has 0 aliphatic carbocycles. The van der Waals surface area contributed by atoms with Gasteiger partial charge in [0.25, 0.3) is 0 Å². The van der Waals surface area contributed by atoms with Crippen molar-refractivity contribution in [3.05, 3.63) is 29.8 Å². The fourth-order valence-corrected chi connectivity index (χ4v) is 3.03. The van der Waals surface area contributed by atoms with E-state index in [1.807, 2.05) is 25.1 Å². The molecule has 1 aliphatic rings. The molecule has 1 unspecified atom stereocenters. The number of carbonyl (C=O) groups excluding carboxylic acids is 1. The van der Waals surface area contributed by atoms with Crippen LogP contribution in [0.4, 0.5) is 5.69 Å². The summed E-state index contributed by atoms with van der Waals surface area (Å²) >= 11 is 0. The Morgan fingerprint density at radius 2 is 2.14 bits per heavy atom. The minimum Gasteiger partial charge on any atom is -0.466 e. The van der Waals surface area contributed by atoms with E-state index in [2.05, 4.69) is 17.9 Å². The van der Waals surface area contributed by atoms with Crippen molar-refractivity contribution in [2.75, 3.05) is 25.4 Å². The zero-order valence-electron chi connectivity index (χ0n) is 13.0. The van der Waals surface area contributed by atoms with Gasteiger partial charge in [-0.1, -0.05) is 12.1 Å². The highest BCUT2D eigenvalue weighted by Crippen LogP contribution is 2.22. The number of hydrogen-bond acceptors (Lipinski definition) is 4. The Labute approximate surface area is 127 Å². The maximum atomic E-state index is 11.7. The van der Waals surface area contributed by atoms with E-state index in [9.17, 15) is 4.79 Å². The van der Waals surface area contributed by atoms with Crippen molar-refractivity contribution >= 4 is 11.7 Å².